The summed E-state index contributed by atoms with van der Waals surface area (Å²) >= 11 is 0. The van der Waals surface area contributed by atoms with E-state index in [2.05, 4.69) is 10.2 Å². The first-order chi connectivity index (χ1) is 8.20. The number of nitrogens with one attached hydrogen (secondary N) is 1. The molecular formula is C13H14N2O2. The van der Waals surface area contributed by atoms with Crippen LogP contribution in [0.2, 0.25) is 0 Å². The highest BCUT2D eigenvalue weighted by Crippen LogP contribution is 2.39. The molecule has 1 N–H and O–H groups in total. The first-order valence-corrected chi connectivity index (χ1v) is 5.84. The van der Waals surface area contributed by atoms with Crippen LogP contribution in [0.1, 0.15) is 12.8 Å². The summed E-state index contributed by atoms with van der Waals surface area (Å²) in [6.07, 6.45) is 1.11. The van der Waals surface area contributed by atoms with Crippen molar-refractivity contribution in [1.82, 2.24) is 5.32 Å². The average Bonchev–Trinajstić information content (AvgIpc) is 2.86. The summed E-state index contributed by atoms with van der Waals surface area (Å²) in [7, 11) is 0. The lowest BCUT2D eigenvalue weighted by Gasteiger charge is -2.21. The summed E-state index contributed by atoms with van der Waals surface area (Å²) in [5.41, 5.74) is 0.643. The van der Waals surface area contributed by atoms with Gasteiger partial charge in [-0.2, -0.15) is 0 Å². The SMILES string of the molecule is O=C1CC2(CCN(c3ccccc3)C2)C(=O)N1. The molecule has 0 aliphatic carbocycles. The fourth-order valence-corrected chi connectivity index (χ4v) is 2.75. The summed E-state index contributed by atoms with van der Waals surface area (Å²) < 4.78 is 0. The molecule has 2 saturated heterocycles. The minimum absolute atomic E-state index is 0.0964. The van der Waals surface area contributed by atoms with Crippen LogP contribution in [-0.4, -0.2) is 24.9 Å². The fourth-order valence-electron chi connectivity index (χ4n) is 2.75. The molecule has 2 aliphatic heterocycles. The predicted octanol–water partition coefficient (Wildman–Crippen LogP) is 0.930. The van der Waals surface area contributed by atoms with Crippen molar-refractivity contribution in [2.45, 2.75) is 12.8 Å². The van der Waals surface area contributed by atoms with Crippen molar-refractivity contribution in [1.29, 1.82) is 0 Å². The lowest BCUT2D eigenvalue weighted by atomic mass is 9.85. The molecule has 1 unspecified atom stereocenters. The number of amides is 2. The van der Waals surface area contributed by atoms with Crippen molar-refractivity contribution in [3.05, 3.63) is 30.3 Å². The molecule has 17 heavy (non-hydrogen) atoms. The van der Waals surface area contributed by atoms with Gasteiger partial charge in [-0.3, -0.25) is 14.9 Å². The molecule has 1 spiro atoms. The molecule has 2 fully saturated rings. The lowest BCUT2D eigenvalue weighted by Crippen LogP contribution is -2.34. The van der Waals surface area contributed by atoms with Gasteiger partial charge in [-0.05, 0) is 18.6 Å². The number of hydrogen-bond acceptors (Lipinski definition) is 3. The van der Waals surface area contributed by atoms with Crippen LogP contribution in [0.25, 0.3) is 0 Å². The van der Waals surface area contributed by atoms with Crippen molar-refractivity contribution in [2.24, 2.45) is 5.41 Å². The molecule has 3 rings (SSSR count). The maximum Gasteiger partial charge on any atom is 0.235 e. The second kappa shape index (κ2) is 3.58. The standard InChI is InChI=1S/C13H14N2O2/c16-11-8-13(12(17)14-11)6-7-15(9-13)10-4-2-1-3-5-10/h1-5H,6-9H2,(H,14,16,17). The Bertz CT molecular complexity index is 472. The topological polar surface area (TPSA) is 49.4 Å². The van der Waals surface area contributed by atoms with E-state index in [4.69, 9.17) is 0 Å². The number of rotatable bonds is 1. The second-order valence-corrected chi connectivity index (χ2v) is 4.84. The summed E-state index contributed by atoms with van der Waals surface area (Å²) in [6, 6.07) is 10.0. The Balaban J connectivity index is 1.83. The van der Waals surface area contributed by atoms with Crippen LogP contribution < -0.4 is 10.2 Å². The van der Waals surface area contributed by atoms with Crippen LogP contribution in [0.4, 0.5) is 5.69 Å². The number of carbonyl (C=O) groups is 2. The minimum atomic E-state index is -0.479. The summed E-state index contributed by atoms with van der Waals surface area (Å²) in [6.45, 7) is 1.49. The molecule has 0 aromatic heterocycles. The van der Waals surface area contributed by atoms with Crippen LogP contribution >= 0.6 is 0 Å². The largest absolute Gasteiger partial charge is 0.370 e. The van der Waals surface area contributed by atoms with E-state index in [-0.39, 0.29) is 11.8 Å². The first kappa shape index (κ1) is 10.3. The molecule has 4 heteroatoms. The van der Waals surface area contributed by atoms with Crippen LogP contribution in [0, 0.1) is 5.41 Å². The summed E-state index contributed by atoms with van der Waals surface area (Å²) in [5, 5.41) is 2.42. The zero-order valence-electron chi connectivity index (χ0n) is 9.48. The Hall–Kier alpha value is -1.84. The predicted molar refractivity (Wildman–Crippen MR) is 63.5 cm³/mol. The quantitative estimate of drug-likeness (QED) is 0.730. The normalized spacial score (nSPS) is 27.9. The van der Waals surface area contributed by atoms with Gasteiger partial charge in [-0.15, -0.1) is 0 Å². The van der Waals surface area contributed by atoms with Crippen molar-refractivity contribution in [3.8, 4) is 0 Å². The van der Waals surface area contributed by atoms with Gasteiger partial charge in [0.15, 0.2) is 0 Å². The van der Waals surface area contributed by atoms with Crippen molar-refractivity contribution < 1.29 is 9.59 Å². The third-order valence-electron chi connectivity index (χ3n) is 3.71. The molecule has 1 aromatic rings. The Labute approximate surface area is 99.6 Å². The Morgan fingerprint density at radius 3 is 2.59 bits per heavy atom. The summed E-state index contributed by atoms with van der Waals surface area (Å²) in [5.74, 6) is -0.231. The van der Waals surface area contributed by atoms with Crippen molar-refractivity contribution >= 4 is 17.5 Å². The molecule has 1 atom stereocenters. The van der Waals surface area contributed by atoms with Crippen LogP contribution in [0.15, 0.2) is 30.3 Å². The van der Waals surface area contributed by atoms with Gasteiger partial charge in [-0.25, -0.2) is 0 Å². The highest BCUT2D eigenvalue weighted by Gasteiger charge is 2.50. The van der Waals surface area contributed by atoms with Gasteiger partial charge in [0.25, 0.3) is 0 Å². The third-order valence-corrected chi connectivity index (χ3v) is 3.71. The van der Waals surface area contributed by atoms with E-state index in [9.17, 15) is 9.59 Å². The maximum absolute atomic E-state index is 11.8. The van der Waals surface area contributed by atoms with Crippen molar-refractivity contribution in [3.63, 3.8) is 0 Å². The maximum atomic E-state index is 11.8. The van der Waals surface area contributed by atoms with E-state index in [0.717, 1.165) is 18.7 Å². The van der Waals surface area contributed by atoms with Gasteiger partial charge in [0.2, 0.25) is 11.8 Å². The number of hydrogen-bond donors (Lipinski definition) is 1. The monoisotopic (exact) mass is 230 g/mol. The highest BCUT2D eigenvalue weighted by molar-refractivity contribution is 6.06. The highest BCUT2D eigenvalue weighted by atomic mass is 16.2. The summed E-state index contributed by atoms with van der Waals surface area (Å²) in [4.78, 5) is 25.3. The molecule has 2 heterocycles. The molecule has 2 amide bonds. The molecule has 0 saturated carbocycles. The molecule has 0 radical (unpaired) electrons. The number of nitrogens with zero attached hydrogens (tertiary/aromatic N) is 1. The van der Waals surface area contributed by atoms with Crippen LogP contribution in [-0.2, 0) is 9.59 Å². The molecule has 4 nitrogen and oxygen atoms in total. The van der Waals surface area contributed by atoms with Crippen LogP contribution in [0.3, 0.4) is 0 Å². The number of anilines is 1. The van der Waals surface area contributed by atoms with E-state index in [0.29, 0.717) is 13.0 Å². The van der Waals surface area contributed by atoms with Crippen LogP contribution in [0.5, 0.6) is 0 Å². The Morgan fingerprint density at radius 1 is 1.18 bits per heavy atom. The van der Waals surface area contributed by atoms with Gasteiger partial charge < -0.3 is 4.90 Å². The molecular weight excluding hydrogens is 216 g/mol. The van der Waals surface area contributed by atoms with Gasteiger partial charge in [-0.1, -0.05) is 18.2 Å². The van der Waals surface area contributed by atoms with E-state index < -0.39 is 5.41 Å². The number of imide groups is 1. The lowest BCUT2D eigenvalue weighted by molar-refractivity contribution is -0.127. The van der Waals surface area contributed by atoms with E-state index in [1.54, 1.807) is 0 Å². The molecule has 1 aromatic carbocycles. The van der Waals surface area contributed by atoms with Gasteiger partial charge in [0, 0.05) is 25.2 Å². The zero-order chi connectivity index (χ0) is 11.9. The second-order valence-electron chi connectivity index (χ2n) is 4.84. The number of para-hydroxylation sites is 1. The Kier molecular flexibility index (Phi) is 2.18. The number of carbonyl (C=O) groups excluding carboxylic acids is 2. The minimum Gasteiger partial charge on any atom is -0.370 e. The fraction of sp³-hybridized carbons (Fsp3) is 0.385. The first-order valence-electron chi connectivity index (χ1n) is 5.84. The zero-order valence-corrected chi connectivity index (χ0v) is 9.48. The molecule has 2 aliphatic rings. The van der Waals surface area contributed by atoms with Gasteiger partial charge in [0.1, 0.15) is 0 Å². The molecule has 88 valence electrons. The molecule has 0 bridgehead atoms. The van der Waals surface area contributed by atoms with Gasteiger partial charge >= 0.3 is 0 Å². The smallest absolute Gasteiger partial charge is 0.235 e. The van der Waals surface area contributed by atoms with E-state index >= 15 is 0 Å². The van der Waals surface area contributed by atoms with Gasteiger partial charge in [0.05, 0.1) is 5.41 Å². The Morgan fingerprint density at radius 2 is 1.94 bits per heavy atom. The van der Waals surface area contributed by atoms with E-state index in [1.165, 1.54) is 0 Å². The third kappa shape index (κ3) is 1.60. The van der Waals surface area contributed by atoms with Crippen molar-refractivity contribution in [2.75, 3.05) is 18.0 Å². The number of benzene rings is 1. The average molecular weight is 230 g/mol. The van der Waals surface area contributed by atoms with E-state index in [1.807, 2.05) is 30.3 Å².